The lowest BCUT2D eigenvalue weighted by atomic mass is 9.94. The average Bonchev–Trinajstić information content (AvgIpc) is 3.28. The van der Waals surface area contributed by atoms with Crippen LogP contribution in [0.3, 0.4) is 0 Å². The number of amides is 1. The molecule has 1 heterocycles. The number of ether oxygens (including phenoxy) is 1. The van der Waals surface area contributed by atoms with Gasteiger partial charge in [-0.2, -0.15) is 0 Å². The lowest BCUT2D eigenvalue weighted by Crippen LogP contribution is -2.58. The van der Waals surface area contributed by atoms with Crippen LogP contribution in [0.25, 0.3) is 0 Å². The van der Waals surface area contributed by atoms with E-state index in [-0.39, 0.29) is 24.5 Å². The molecule has 9 nitrogen and oxygen atoms in total. The molecule has 0 radical (unpaired) electrons. The Bertz CT molecular complexity index is 1100. The zero-order valence-corrected chi connectivity index (χ0v) is 40.9. The normalized spacial score (nSPS) is 20.2. The van der Waals surface area contributed by atoms with E-state index in [0.29, 0.717) is 12.8 Å². The SMILES string of the molecule is CCCCCCCCCCCCCCCCCC/C=C/CCCCCCCCC(=O)N[C@@H](/C=C/[C@H]1OC(CO)[C@H](O)C(O)C1O)[C@H](O)C(=O)CCCCCCCCCCCCCC. The lowest BCUT2D eigenvalue weighted by molar-refractivity contribution is -0.216. The van der Waals surface area contributed by atoms with E-state index in [4.69, 9.17) is 4.74 Å². The van der Waals surface area contributed by atoms with Crippen molar-refractivity contribution in [3.05, 3.63) is 24.3 Å². The highest BCUT2D eigenvalue weighted by molar-refractivity contribution is 5.85. The third-order valence-corrected chi connectivity index (χ3v) is 13.1. The van der Waals surface area contributed by atoms with Crippen molar-refractivity contribution in [2.24, 2.45) is 0 Å². The minimum atomic E-state index is -1.55. The van der Waals surface area contributed by atoms with Crippen LogP contribution >= 0.6 is 0 Å². The van der Waals surface area contributed by atoms with Gasteiger partial charge in [0.15, 0.2) is 5.78 Å². The number of hydrogen-bond donors (Lipinski definition) is 6. The molecule has 0 spiro atoms. The lowest BCUT2D eigenvalue weighted by Gasteiger charge is -2.39. The van der Waals surface area contributed by atoms with Crippen molar-refractivity contribution < 1.29 is 39.9 Å². The summed E-state index contributed by atoms with van der Waals surface area (Å²) in [6.07, 6.45) is 44.8. The topological polar surface area (TPSA) is 157 Å². The third kappa shape index (κ3) is 32.7. The summed E-state index contributed by atoms with van der Waals surface area (Å²) in [5, 5.41) is 54.4. The summed E-state index contributed by atoms with van der Waals surface area (Å²) in [5.74, 6) is -0.633. The van der Waals surface area contributed by atoms with Gasteiger partial charge in [-0.05, 0) is 38.5 Å². The quantitative estimate of drug-likeness (QED) is 0.0261. The molecule has 1 aliphatic heterocycles. The zero-order chi connectivity index (χ0) is 46.0. The molecular weight excluding hydrogens is 791 g/mol. The van der Waals surface area contributed by atoms with E-state index in [9.17, 15) is 35.1 Å². The number of aliphatic hydroxyl groups excluding tert-OH is 5. The van der Waals surface area contributed by atoms with Gasteiger partial charge < -0.3 is 35.6 Å². The van der Waals surface area contributed by atoms with Gasteiger partial charge in [-0.1, -0.05) is 231 Å². The molecule has 1 fully saturated rings. The van der Waals surface area contributed by atoms with Gasteiger partial charge in [0, 0.05) is 12.8 Å². The number of Topliss-reactive ketones (excluding diaryl/α,β-unsaturated/α-hetero) is 1. The number of nitrogens with one attached hydrogen (secondary N) is 1. The first-order valence-corrected chi connectivity index (χ1v) is 26.9. The number of hydrogen-bond acceptors (Lipinski definition) is 8. The van der Waals surface area contributed by atoms with Crippen molar-refractivity contribution >= 4 is 11.7 Å². The number of carbonyl (C=O) groups is 2. The molecule has 9 heteroatoms. The van der Waals surface area contributed by atoms with Gasteiger partial charge in [-0.3, -0.25) is 9.59 Å². The number of carbonyl (C=O) groups excluding carboxylic acids is 2. The van der Waals surface area contributed by atoms with Crippen LogP contribution in [0.4, 0.5) is 0 Å². The zero-order valence-electron chi connectivity index (χ0n) is 40.9. The molecule has 0 aliphatic carbocycles. The highest BCUT2D eigenvalue weighted by atomic mass is 16.5. The second-order valence-electron chi connectivity index (χ2n) is 19.0. The second-order valence-corrected chi connectivity index (χ2v) is 19.0. The van der Waals surface area contributed by atoms with Gasteiger partial charge >= 0.3 is 0 Å². The molecule has 0 aromatic rings. The summed E-state index contributed by atoms with van der Waals surface area (Å²) in [4.78, 5) is 26.2. The van der Waals surface area contributed by atoms with E-state index in [1.165, 1.54) is 186 Å². The molecule has 1 amide bonds. The number of rotatable bonds is 45. The first-order valence-electron chi connectivity index (χ1n) is 26.9. The molecule has 7 atom stereocenters. The standard InChI is InChI=1S/C54H101NO8/c1-3-5-7-9-11-13-15-17-18-19-20-21-22-23-24-25-26-27-28-29-30-32-34-36-38-40-42-50(58)55-46(43-44-48-52(60)54(62)53(61)49(45-56)63-48)51(59)47(57)41-39-37-35-33-31-16-14-12-10-8-6-4-2/h27-28,43-44,46,48-49,51-54,56,59-62H,3-26,29-42,45H2,1-2H3,(H,55,58)/b28-27+,44-43+/t46-,48+,49?,51-,52?,53-,54?/m0/s1. The van der Waals surface area contributed by atoms with Crippen molar-refractivity contribution in [3.63, 3.8) is 0 Å². The van der Waals surface area contributed by atoms with E-state index < -0.39 is 49.3 Å². The van der Waals surface area contributed by atoms with E-state index in [0.717, 1.165) is 44.9 Å². The Labute approximate surface area is 387 Å². The molecule has 1 saturated heterocycles. The van der Waals surface area contributed by atoms with Gasteiger partial charge in [-0.25, -0.2) is 0 Å². The third-order valence-electron chi connectivity index (χ3n) is 13.1. The first-order chi connectivity index (χ1) is 30.8. The fourth-order valence-corrected chi connectivity index (χ4v) is 8.80. The maximum Gasteiger partial charge on any atom is 0.220 e. The van der Waals surface area contributed by atoms with E-state index >= 15 is 0 Å². The number of unbranched alkanes of at least 4 members (excludes halogenated alkanes) is 33. The number of ketones is 1. The molecule has 6 N–H and O–H groups in total. The fraction of sp³-hybridized carbons (Fsp3) is 0.889. The molecule has 0 bridgehead atoms. The van der Waals surface area contributed by atoms with Crippen LogP contribution in [0.1, 0.15) is 258 Å². The van der Waals surface area contributed by atoms with Gasteiger partial charge in [0.1, 0.15) is 36.6 Å². The first kappa shape index (κ1) is 59.4. The Morgan fingerprint density at radius 3 is 1.27 bits per heavy atom. The summed E-state index contributed by atoms with van der Waals surface area (Å²) in [6, 6.07) is -1.05. The fourth-order valence-electron chi connectivity index (χ4n) is 8.80. The molecule has 3 unspecified atom stereocenters. The molecule has 1 rings (SSSR count). The predicted molar refractivity (Wildman–Crippen MR) is 262 cm³/mol. The van der Waals surface area contributed by atoms with Gasteiger partial charge in [0.2, 0.25) is 5.91 Å². The molecule has 0 saturated carbocycles. The second kappa shape index (κ2) is 43.0. The Hall–Kier alpha value is -1.62. The van der Waals surface area contributed by atoms with Gasteiger partial charge in [-0.15, -0.1) is 0 Å². The Morgan fingerprint density at radius 2 is 0.873 bits per heavy atom. The van der Waals surface area contributed by atoms with Gasteiger partial charge in [0.05, 0.1) is 12.6 Å². The average molecular weight is 892 g/mol. The minimum absolute atomic E-state index is 0.203. The summed E-state index contributed by atoms with van der Waals surface area (Å²) in [7, 11) is 0. The van der Waals surface area contributed by atoms with Crippen LogP contribution in [-0.2, 0) is 14.3 Å². The van der Waals surface area contributed by atoms with Crippen molar-refractivity contribution in [2.75, 3.05) is 6.61 Å². The summed E-state index contributed by atoms with van der Waals surface area (Å²) in [6.45, 7) is 3.96. The van der Waals surface area contributed by atoms with Gasteiger partial charge in [0.25, 0.3) is 0 Å². The highest BCUT2D eigenvalue weighted by Crippen LogP contribution is 2.23. The summed E-state index contributed by atoms with van der Waals surface area (Å²) < 4.78 is 5.58. The summed E-state index contributed by atoms with van der Waals surface area (Å²) in [5.41, 5.74) is 0. The minimum Gasteiger partial charge on any atom is -0.394 e. The van der Waals surface area contributed by atoms with Crippen molar-refractivity contribution in [2.45, 2.75) is 301 Å². The molecule has 0 aromatic heterocycles. The molecule has 370 valence electrons. The Balaban J connectivity index is 2.27. The number of allylic oxidation sites excluding steroid dienone is 2. The van der Waals surface area contributed by atoms with Crippen LogP contribution in [0.15, 0.2) is 24.3 Å². The molecule has 63 heavy (non-hydrogen) atoms. The van der Waals surface area contributed by atoms with Crippen LogP contribution in [-0.4, -0.2) is 86.5 Å². The number of aliphatic hydroxyl groups is 5. The molecular formula is C54H101NO8. The van der Waals surface area contributed by atoms with Crippen LogP contribution in [0.2, 0.25) is 0 Å². The van der Waals surface area contributed by atoms with Crippen LogP contribution < -0.4 is 5.32 Å². The smallest absolute Gasteiger partial charge is 0.220 e. The predicted octanol–water partition coefficient (Wildman–Crippen LogP) is 12.2. The largest absolute Gasteiger partial charge is 0.394 e. The highest BCUT2D eigenvalue weighted by Gasteiger charge is 2.42. The molecule has 0 aromatic carbocycles. The van der Waals surface area contributed by atoms with Crippen molar-refractivity contribution in [1.82, 2.24) is 5.32 Å². The Kier molecular flexibility index (Phi) is 40.5. The summed E-state index contributed by atoms with van der Waals surface area (Å²) >= 11 is 0. The maximum atomic E-state index is 13.1. The Morgan fingerprint density at radius 1 is 0.508 bits per heavy atom. The maximum absolute atomic E-state index is 13.1. The van der Waals surface area contributed by atoms with Crippen molar-refractivity contribution in [3.8, 4) is 0 Å². The van der Waals surface area contributed by atoms with E-state index in [2.05, 4.69) is 31.3 Å². The van der Waals surface area contributed by atoms with Crippen LogP contribution in [0.5, 0.6) is 0 Å². The van der Waals surface area contributed by atoms with Crippen LogP contribution in [0, 0.1) is 0 Å². The molecule has 1 aliphatic rings. The monoisotopic (exact) mass is 892 g/mol. The van der Waals surface area contributed by atoms with E-state index in [1.807, 2.05) is 0 Å². The van der Waals surface area contributed by atoms with Crippen molar-refractivity contribution in [1.29, 1.82) is 0 Å². The van der Waals surface area contributed by atoms with E-state index in [1.54, 1.807) is 0 Å².